The molecular formula is C30H35ClN2O7S. The van der Waals surface area contributed by atoms with Crippen LogP contribution in [0.15, 0.2) is 42.6 Å². The molecule has 1 amide bonds. The van der Waals surface area contributed by atoms with Crippen LogP contribution in [0.5, 0.6) is 11.5 Å². The number of aliphatic carboxylic acids is 1. The molecular weight excluding hydrogens is 568 g/mol. The number of halogens is 1. The molecule has 11 heteroatoms. The van der Waals surface area contributed by atoms with Crippen LogP contribution < -0.4 is 14.4 Å². The zero-order chi connectivity index (χ0) is 29.7. The number of aliphatic hydroxyl groups is 1. The average Bonchev–Trinajstić information content (AvgIpc) is 3.36. The fourth-order valence-corrected chi connectivity index (χ4v) is 6.01. The number of nitrogens with zero attached hydrogens (tertiary/aromatic N) is 2. The van der Waals surface area contributed by atoms with Crippen LogP contribution in [0.4, 0.5) is 5.69 Å². The average molecular weight is 603 g/mol. The highest BCUT2D eigenvalue weighted by Gasteiger charge is 2.40. The van der Waals surface area contributed by atoms with Gasteiger partial charge in [0, 0.05) is 64.3 Å². The van der Waals surface area contributed by atoms with Gasteiger partial charge in [-0.1, -0.05) is 37.6 Å². The summed E-state index contributed by atoms with van der Waals surface area (Å²) in [6.45, 7) is 3.91. The number of ether oxygens (including phenoxy) is 3. The monoisotopic (exact) mass is 602 g/mol. The third kappa shape index (κ3) is 7.19. The summed E-state index contributed by atoms with van der Waals surface area (Å²) in [5.74, 6) is -0.0939. The number of aromatic nitrogens is 1. The fraction of sp³-hybridized carbons (Fsp3) is 0.433. The Morgan fingerprint density at radius 1 is 1.20 bits per heavy atom. The first-order valence-electron chi connectivity index (χ1n) is 13.3. The lowest BCUT2D eigenvalue weighted by Crippen LogP contribution is -2.45. The van der Waals surface area contributed by atoms with E-state index in [1.807, 2.05) is 26.0 Å². The van der Waals surface area contributed by atoms with Gasteiger partial charge in [0.15, 0.2) is 11.5 Å². The summed E-state index contributed by atoms with van der Waals surface area (Å²) in [7, 11) is 3.11. The van der Waals surface area contributed by atoms with E-state index in [-0.39, 0.29) is 31.9 Å². The van der Waals surface area contributed by atoms with Crippen LogP contribution in [-0.4, -0.2) is 60.5 Å². The Morgan fingerprint density at radius 3 is 2.66 bits per heavy atom. The summed E-state index contributed by atoms with van der Waals surface area (Å²) in [6.07, 6.45) is 1.46. The second-order valence-electron chi connectivity index (χ2n) is 10.7. The SMILES string of the molecule is COc1cccc([C@H]2O[C@H](Cc3ncc(CCCC(=O)O)s3)C(=O)N(CC(C)(C)CO)c3ccc(Cl)cc32)c1OC. The molecule has 0 saturated heterocycles. The smallest absolute Gasteiger partial charge is 0.303 e. The van der Waals surface area contributed by atoms with E-state index in [2.05, 4.69) is 4.98 Å². The Balaban J connectivity index is 1.79. The van der Waals surface area contributed by atoms with Crippen molar-refractivity contribution in [3.8, 4) is 11.5 Å². The predicted molar refractivity (Wildman–Crippen MR) is 157 cm³/mol. The summed E-state index contributed by atoms with van der Waals surface area (Å²) in [6, 6.07) is 10.8. The topological polar surface area (TPSA) is 118 Å². The largest absolute Gasteiger partial charge is 0.493 e. The maximum absolute atomic E-state index is 14.2. The van der Waals surface area contributed by atoms with Crippen LogP contribution in [0.25, 0.3) is 0 Å². The number of fused-ring (bicyclic) bond motifs is 1. The lowest BCUT2D eigenvalue weighted by atomic mass is 9.92. The summed E-state index contributed by atoms with van der Waals surface area (Å²) >= 11 is 7.93. The van der Waals surface area contributed by atoms with Crippen LogP contribution in [0, 0.1) is 5.41 Å². The maximum atomic E-state index is 14.2. The van der Waals surface area contributed by atoms with Gasteiger partial charge >= 0.3 is 5.97 Å². The number of aryl methyl sites for hydroxylation is 1. The first-order chi connectivity index (χ1) is 19.6. The Hall–Kier alpha value is -3.18. The highest BCUT2D eigenvalue weighted by Crippen LogP contribution is 2.45. The van der Waals surface area contributed by atoms with Crippen LogP contribution in [-0.2, 0) is 27.2 Å². The van der Waals surface area contributed by atoms with Crippen molar-refractivity contribution in [1.29, 1.82) is 0 Å². The number of thiazole rings is 1. The van der Waals surface area contributed by atoms with Gasteiger partial charge in [-0.05, 0) is 37.1 Å². The van der Waals surface area contributed by atoms with Crippen LogP contribution >= 0.6 is 22.9 Å². The van der Waals surface area contributed by atoms with E-state index in [1.165, 1.54) is 11.3 Å². The number of amides is 1. The van der Waals surface area contributed by atoms with Crippen molar-refractivity contribution in [1.82, 2.24) is 4.98 Å². The van der Waals surface area contributed by atoms with Gasteiger partial charge in [-0.25, -0.2) is 4.98 Å². The number of aliphatic hydroxyl groups excluding tert-OH is 1. The van der Waals surface area contributed by atoms with E-state index >= 15 is 0 Å². The third-order valence-corrected chi connectivity index (χ3v) is 8.22. The number of benzene rings is 2. The van der Waals surface area contributed by atoms with Crippen molar-refractivity contribution < 1.29 is 34.0 Å². The molecule has 0 saturated carbocycles. The maximum Gasteiger partial charge on any atom is 0.303 e. The van der Waals surface area contributed by atoms with Crippen molar-refractivity contribution >= 4 is 40.5 Å². The molecule has 1 aliphatic rings. The van der Waals surface area contributed by atoms with E-state index in [9.17, 15) is 14.7 Å². The number of carbonyl (C=O) groups is 2. The number of methoxy groups -OCH3 is 2. The summed E-state index contributed by atoms with van der Waals surface area (Å²) in [4.78, 5) is 32.3. The van der Waals surface area contributed by atoms with Crippen molar-refractivity contribution in [2.45, 2.75) is 51.7 Å². The quantitative estimate of drug-likeness (QED) is 0.287. The Kier molecular flexibility index (Phi) is 9.91. The van der Waals surface area contributed by atoms with E-state index in [1.54, 1.807) is 49.6 Å². The molecule has 3 aromatic rings. The van der Waals surface area contributed by atoms with E-state index in [4.69, 9.17) is 30.9 Å². The van der Waals surface area contributed by atoms with Crippen molar-refractivity contribution in [3.63, 3.8) is 0 Å². The molecule has 220 valence electrons. The van der Waals surface area contributed by atoms with Gasteiger partial charge in [0.1, 0.15) is 12.2 Å². The molecule has 2 atom stereocenters. The molecule has 9 nitrogen and oxygen atoms in total. The molecule has 0 radical (unpaired) electrons. The van der Waals surface area contributed by atoms with Crippen molar-refractivity contribution in [2.75, 3.05) is 32.3 Å². The number of rotatable bonds is 12. The normalized spacial score (nSPS) is 17.2. The predicted octanol–water partition coefficient (Wildman–Crippen LogP) is 5.30. The van der Waals surface area contributed by atoms with E-state index < -0.39 is 23.6 Å². The van der Waals surface area contributed by atoms with Gasteiger partial charge in [-0.15, -0.1) is 11.3 Å². The van der Waals surface area contributed by atoms with E-state index in [0.29, 0.717) is 51.2 Å². The van der Waals surface area contributed by atoms with Crippen molar-refractivity contribution in [3.05, 3.63) is 68.6 Å². The Labute approximate surface area is 248 Å². The van der Waals surface area contributed by atoms with Gasteiger partial charge in [-0.2, -0.15) is 0 Å². The van der Waals surface area contributed by atoms with E-state index in [0.717, 1.165) is 4.88 Å². The zero-order valence-electron chi connectivity index (χ0n) is 23.6. The van der Waals surface area contributed by atoms with Crippen LogP contribution in [0.3, 0.4) is 0 Å². The zero-order valence-corrected chi connectivity index (χ0v) is 25.1. The van der Waals surface area contributed by atoms with Crippen LogP contribution in [0.2, 0.25) is 5.02 Å². The minimum absolute atomic E-state index is 0.0813. The minimum atomic E-state index is -0.922. The number of para-hydroxylation sites is 1. The molecule has 2 N–H and O–H groups in total. The van der Waals surface area contributed by atoms with Crippen molar-refractivity contribution in [2.24, 2.45) is 5.41 Å². The van der Waals surface area contributed by atoms with Gasteiger partial charge in [-0.3, -0.25) is 9.59 Å². The number of carboxylic acids is 1. The van der Waals surface area contributed by atoms with Gasteiger partial charge < -0.3 is 29.3 Å². The highest BCUT2D eigenvalue weighted by molar-refractivity contribution is 7.11. The number of anilines is 1. The molecule has 1 aromatic heterocycles. The molecule has 41 heavy (non-hydrogen) atoms. The summed E-state index contributed by atoms with van der Waals surface area (Å²) in [5.41, 5.74) is 1.39. The second kappa shape index (κ2) is 13.2. The lowest BCUT2D eigenvalue weighted by molar-refractivity contribution is -0.137. The minimum Gasteiger partial charge on any atom is -0.493 e. The molecule has 0 spiro atoms. The second-order valence-corrected chi connectivity index (χ2v) is 12.3. The Morgan fingerprint density at radius 2 is 1.98 bits per heavy atom. The third-order valence-electron chi connectivity index (χ3n) is 6.91. The number of carboxylic acid groups (broad SMARTS) is 1. The first-order valence-corrected chi connectivity index (χ1v) is 14.5. The molecule has 0 unspecified atom stereocenters. The standard InChI is InChI=1S/C30H35ClN2O7S/c1-30(2,17-34)16-33-22-12-11-18(31)13-21(22)27(20-8-6-9-23(38-3)28(20)39-4)40-24(29(33)37)14-25-32-15-19(41-25)7-5-10-26(35)36/h6,8-9,11-13,15,24,27,34H,5,7,10,14,16-17H2,1-4H3,(H,35,36)/t24-,27-/m1/s1. The molecule has 4 rings (SSSR count). The number of hydrogen-bond acceptors (Lipinski definition) is 8. The summed E-state index contributed by atoms with van der Waals surface area (Å²) in [5, 5.41) is 20.2. The molecule has 1 aliphatic heterocycles. The van der Waals surface area contributed by atoms with Crippen LogP contribution in [0.1, 0.15) is 53.8 Å². The molecule has 0 fully saturated rings. The Bertz CT molecular complexity index is 1390. The lowest BCUT2D eigenvalue weighted by Gasteiger charge is -2.32. The molecule has 0 bridgehead atoms. The van der Waals surface area contributed by atoms with Gasteiger partial charge in [0.2, 0.25) is 0 Å². The number of hydrogen-bond donors (Lipinski definition) is 2. The molecule has 2 aromatic carbocycles. The van der Waals surface area contributed by atoms with Gasteiger partial charge in [0.05, 0.1) is 19.2 Å². The highest BCUT2D eigenvalue weighted by atomic mass is 35.5. The summed E-state index contributed by atoms with van der Waals surface area (Å²) < 4.78 is 18.0. The van der Waals surface area contributed by atoms with Gasteiger partial charge in [0.25, 0.3) is 5.91 Å². The number of carbonyl (C=O) groups excluding carboxylic acids is 1. The molecule has 0 aliphatic carbocycles. The molecule has 2 heterocycles. The first kappa shape index (κ1) is 30.8. The fourth-order valence-electron chi connectivity index (χ4n) is 4.84.